The van der Waals surface area contributed by atoms with Crippen molar-refractivity contribution in [1.82, 2.24) is 0 Å². The van der Waals surface area contributed by atoms with Gasteiger partial charge in [0.25, 0.3) is 0 Å². The van der Waals surface area contributed by atoms with Gasteiger partial charge in [-0.15, -0.1) is 0 Å². The van der Waals surface area contributed by atoms with Crippen LogP contribution < -0.4 is 19.5 Å². The first-order chi connectivity index (χ1) is 11.2. The highest BCUT2D eigenvalue weighted by atomic mass is 16.6. The van der Waals surface area contributed by atoms with Gasteiger partial charge in [-0.1, -0.05) is 18.2 Å². The first-order valence-corrected chi connectivity index (χ1v) is 7.04. The minimum Gasteiger partial charge on any atom is -0.493 e. The van der Waals surface area contributed by atoms with Gasteiger partial charge in [0.2, 0.25) is 5.75 Å². The smallest absolute Gasteiger partial charge is 0.412 e. The summed E-state index contributed by atoms with van der Waals surface area (Å²) in [4.78, 5) is 11.8. The van der Waals surface area contributed by atoms with Crippen molar-refractivity contribution in [3.63, 3.8) is 0 Å². The Morgan fingerprint density at radius 3 is 2.26 bits per heavy atom. The number of ether oxygens (including phenoxy) is 4. The first-order valence-electron chi connectivity index (χ1n) is 7.04. The van der Waals surface area contributed by atoms with Crippen molar-refractivity contribution in [2.24, 2.45) is 0 Å². The van der Waals surface area contributed by atoms with Crippen LogP contribution in [-0.2, 0) is 4.74 Å². The van der Waals surface area contributed by atoms with E-state index < -0.39 is 12.2 Å². The number of carbonyl (C=O) groups is 1. The average molecular weight is 315 g/mol. The summed E-state index contributed by atoms with van der Waals surface area (Å²) in [6.07, 6.45) is -1.05. The summed E-state index contributed by atoms with van der Waals surface area (Å²) < 4.78 is 21.5. The Morgan fingerprint density at radius 1 is 1.00 bits per heavy atom. The van der Waals surface area contributed by atoms with Crippen molar-refractivity contribution in [2.45, 2.75) is 6.10 Å². The lowest BCUT2D eigenvalue weighted by atomic mass is 9.98. The zero-order valence-electron chi connectivity index (χ0n) is 13.1. The fraction of sp³-hybridized carbons (Fsp3) is 0.235. The maximum atomic E-state index is 11.8. The van der Waals surface area contributed by atoms with Gasteiger partial charge in [0.15, 0.2) is 17.6 Å². The molecule has 2 aromatic rings. The predicted octanol–water partition coefficient (Wildman–Crippen LogP) is 3.36. The molecule has 0 spiro atoms. The second-order valence-electron chi connectivity index (χ2n) is 4.96. The van der Waals surface area contributed by atoms with Crippen molar-refractivity contribution in [3.8, 4) is 17.2 Å². The minimum atomic E-state index is -0.548. The van der Waals surface area contributed by atoms with Gasteiger partial charge in [-0.2, -0.15) is 0 Å². The highest BCUT2D eigenvalue weighted by molar-refractivity contribution is 5.88. The lowest BCUT2D eigenvalue weighted by Gasteiger charge is -2.27. The number of methoxy groups -OCH3 is 3. The minimum absolute atomic E-state index is 0.493. The molecule has 2 aromatic carbocycles. The molecule has 0 radical (unpaired) electrons. The largest absolute Gasteiger partial charge is 0.493 e. The summed E-state index contributed by atoms with van der Waals surface area (Å²) in [6, 6.07) is 11.0. The average Bonchev–Trinajstić information content (AvgIpc) is 2.59. The lowest BCUT2D eigenvalue weighted by Crippen LogP contribution is -2.25. The fourth-order valence-corrected chi connectivity index (χ4v) is 2.65. The van der Waals surface area contributed by atoms with Crippen LogP contribution in [0.25, 0.3) is 0 Å². The Labute approximate surface area is 133 Å². The molecule has 23 heavy (non-hydrogen) atoms. The van der Waals surface area contributed by atoms with E-state index in [0.29, 0.717) is 17.2 Å². The van der Waals surface area contributed by atoms with Crippen molar-refractivity contribution >= 4 is 11.8 Å². The van der Waals surface area contributed by atoms with Crippen LogP contribution in [0.3, 0.4) is 0 Å². The third kappa shape index (κ3) is 2.63. The Morgan fingerprint density at radius 2 is 1.65 bits per heavy atom. The number of cyclic esters (lactones) is 1. The van der Waals surface area contributed by atoms with E-state index in [2.05, 4.69) is 5.32 Å². The summed E-state index contributed by atoms with van der Waals surface area (Å²) in [5.41, 5.74) is 2.32. The van der Waals surface area contributed by atoms with Gasteiger partial charge >= 0.3 is 6.09 Å². The molecule has 0 saturated heterocycles. The van der Waals surface area contributed by atoms with Gasteiger partial charge < -0.3 is 18.9 Å². The third-order valence-electron chi connectivity index (χ3n) is 3.69. The van der Waals surface area contributed by atoms with Crippen molar-refractivity contribution in [2.75, 3.05) is 26.6 Å². The molecule has 0 saturated carbocycles. The first kappa shape index (κ1) is 15.0. The molecular formula is C17H17NO5. The third-order valence-corrected chi connectivity index (χ3v) is 3.69. The van der Waals surface area contributed by atoms with Crippen LogP contribution in [0.1, 0.15) is 17.2 Å². The summed E-state index contributed by atoms with van der Waals surface area (Å²) in [7, 11) is 4.63. The van der Waals surface area contributed by atoms with E-state index in [1.807, 2.05) is 24.3 Å². The van der Waals surface area contributed by atoms with Gasteiger partial charge in [0.1, 0.15) is 0 Å². The molecule has 0 bridgehead atoms. The molecule has 1 amide bonds. The quantitative estimate of drug-likeness (QED) is 0.937. The molecule has 6 heteroatoms. The van der Waals surface area contributed by atoms with E-state index in [9.17, 15) is 4.79 Å². The molecule has 1 heterocycles. The summed E-state index contributed by atoms with van der Waals surface area (Å²) in [5.74, 6) is 1.51. The van der Waals surface area contributed by atoms with Crippen molar-refractivity contribution in [1.29, 1.82) is 0 Å². The van der Waals surface area contributed by atoms with Crippen LogP contribution in [0.2, 0.25) is 0 Å². The number of carbonyl (C=O) groups excluding carboxylic acids is 1. The van der Waals surface area contributed by atoms with E-state index in [1.165, 1.54) is 0 Å². The Kier molecular flexibility index (Phi) is 3.97. The number of amides is 1. The Hall–Kier alpha value is -2.89. The summed E-state index contributed by atoms with van der Waals surface area (Å²) in [5, 5.41) is 2.69. The van der Waals surface area contributed by atoms with Gasteiger partial charge in [-0.3, -0.25) is 5.32 Å². The molecule has 1 unspecified atom stereocenters. The monoisotopic (exact) mass is 315 g/mol. The maximum absolute atomic E-state index is 11.8. The molecule has 0 aliphatic carbocycles. The molecule has 6 nitrogen and oxygen atoms in total. The second-order valence-corrected chi connectivity index (χ2v) is 4.96. The Bertz CT molecular complexity index is 719. The molecule has 0 aromatic heterocycles. The van der Waals surface area contributed by atoms with E-state index in [-0.39, 0.29) is 0 Å². The van der Waals surface area contributed by atoms with Gasteiger partial charge in [0.05, 0.1) is 27.0 Å². The van der Waals surface area contributed by atoms with Crippen LogP contribution >= 0.6 is 0 Å². The number of hydrogen-bond donors (Lipinski definition) is 1. The number of para-hydroxylation sites is 1. The number of anilines is 1. The van der Waals surface area contributed by atoms with Gasteiger partial charge in [0, 0.05) is 11.1 Å². The Balaban J connectivity index is 2.13. The van der Waals surface area contributed by atoms with Crippen molar-refractivity contribution in [3.05, 3.63) is 47.5 Å². The van der Waals surface area contributed by atoms with E-state index in [0.717, 1.165) is 16.8 Å². The molecule has 1 N–H and O–H groups in total. The normalized spacial score (nSPS) is 16.0. The summed E-state index contributed by atoms with van der Waals surface area (Å²) >= 11 is 0. The van der Waals surface area contributed by atoms with E-state index in [4.69, 9.17) is 18.9 Å². The lowest BCUT2D eigenvalue weighted by molar-refractivity contribution is 0.126. The SMILES string of the molecule is COc1cc(C2OC(=O)Nc3ccccc32)cc(OC)c1OC. The highest BCUT2D eigenvalue weighted by Gasteiger charge is 2.29. The van der Waals surface area contributed by atoms with Crippen LogP contribution in [-0.4, -0.2) is 27.4 Å². The number of benzene rings is 2. The fourth-order valence-electron chi connectivity index (χ4n) is 2.65. The predicted molar refractivity (Wildman–Crippen MR) is 84.5 cm³/mol. The zero-order valence-corrected chi connectivity index (χ0v) is 13.1. The zero-order chi connectivity index (χ0) is 16.4. The molecule has 0 fully saturated rings. The molecule has 1 aliphatic rings. The summed E-state index contributed by atoms with van der Waals surface area (Å²) in [6.45, 7) is 0. The van der Waals surface area contributed by atoms with Crippen molar-refractivity contribution < 1.29 is 23.7 Å². The van der Waals surface area contributed by atoms with Crippen LogP contribution in [0, 0.1) is 0 Å². The van der Waals surface area contributed by atoms with Gasteiger partial charge in [-0.05, 0) is 18.2 Å². The van der Waals surface area contributed by atoms with Crippen LogP contribution in [0.4, 0.5) is 10.5 Å². The molecule has 1 atom stereocenters. The molecule has 3 rings (SSSR count). The topological polar surface area (TPSA) is 66.0 Å². The molecular weight excluding hydrogens is 298 g/mol. The van der Waals surface area contributed by atoms with Crippen LogP contribution in [0.5, 0.6) is 17.2 Å². The maximum Gasteiger partial charge on any atom is 0.412 e. The van der Waals surface area contributed by atoms with Gasteiger partial charge in [-0.25, -0.2) is 4.79 Å². The molecule has 1 aliphatic heterocycles. The van der Waals surface area contributed by atoms with Crippen LogP contribution in [0.15, 0.2) is 36.4 Å². The standard InChI is InChI=1S/C17H17NO5/c1-20-13-8-10(9-14(21-2)16(13)22-3)15-11-6-4-5-7-12(11)18-17(19)23-15/h4-9,15H,1-3H3,(H,18,19). The number of rotatable bonds is 4. The number of fused-ring (bicyclic) bond motifs is 1. The highest BCUT2D eigenvalue weighted by Crippen LogP contribution is 2.43. The van der Waals surface area contributed by atoms with E-state index in [1.54, 1.807) is 33.5 Å². The number of nitrogens with one attached hydrogen (secondary N) is 1. The molecule has 120 valence electrons. The van der Waals surface area contributed by atoms with E-state index >= 15 is 0 Å². The number of hydrogen-bond acceptors (Lipinski definition) is 5. The second kappa shape index (κ2) is 6.08.